The topological polar surface area (TPSA) is 18.5 Å². The molecule has 0 aromatic rings. The summed E-state index contributed by atoms with van der Waals surface area (Å²) in [4.78, 5) is 0. The molecule has 1 saturated heterocycles. The molecule has 0 N–H and O–H groups in total. The molecular formula is C9H14O2. The third-order valence-electron chi connectivity index (χ3n) is 3.67. The fourth-order valence-corrected chi connectivity index (χ4v) is 3.06. The third-order valence-corrected chi connectivity index (χ3v) is 3.67. The van der Waals surface area contributed by atoms with Gasteiger partial charge in [-0.3, -0.25) is 0 Å². The van der Waals surface area contributed by atoms with Crippen LogP contribution in [0.1, 0.15) is 19.8 Å². The van der Waals surface area contributed by atoms with Crippen molar-refractivity contribution in [2.24, 2.45) is 17.8 Å². The van der Waals surface area contributed by atoms with Crippen molar-refractivity contribution in [3.8, 4) is 0 Å². The van der Waals surface area contributed by atoms with Crippen LogP contribution in [0.15, 0.2) is 0 Å². The van der Waals surface area contributed by atoms with Crippen molar-refractivity contribution < 1.29 is 9.47 Å². The minimum absolute atomic E-state index is 0.107. The van der Waals surface area contributed by atoms with Gasteiger partial charge in [0.25, 0.3) is 0 Å². The Morgan fingerprint density at radius 1 is 1.27 bits per heavy atom. The van der Waals surface area contributed by atoms with E-state index in [0.29, 0.717) is 0 Å². The first-order valence-electron chi connectivity index (χ1n) is 4.61. The zero-order valence-electron chi connectivity index (χ0n) is 6.88. The van der Waals surface area contributed by atoms with Gasteiger partial charge in [-0.15, -0.1) is 0 Å². The minimum Gasteiger partial charge on any atom is -0.347 e. The van der Waals surface area contributed by atoms with Crippen LogP contribution in [0.5, 0.6) is 0 Å². The largest absolute Gasteiger partial charge is 0.347 e. The van der Waals surface area contributed by atoms with E-state index in [1.54, 1.807) is 0 Å². The molecule has 2 saturated carbocycles. The van der Waals surface area contributed by atoms with Gasteiger partial charge in [-0.1, -0.05) is 6.92 Å². The number of hydrogen-bond donors (Lipinski definition) is 0. The quantitative estimate of drug-likeness (QED) is 0.525. The molecule has 3 atom stereocenters. The monoisotopic (exact) mass is 154 g/mol. The minimum atomic E-state index is -0.107. The van der Waals surface area contributed by atoms with Gasteiger partial charge in [0.1, 0.15) is 0 Å². The lowest BCUT2D eigenvalue weighted by molar-refractivity contribution is -0.170. The van der Waals surface area contributed by atoms with Gasteiger partial charge < -0.3 is 9.47 Å². The Kier molecular flexibility index (Phi) is 1.06. The molecule has 2 aliphatic carbocycles. The van der Waals surface area contributed by atoms with Gasteiger partial charge in [0.15, 0.2) is 5.79 Å². The second-order valence-electron chi connectivity index (χ2n) is 4.10. The van der Waals surface area contributed by atoms with Crippen LogP contribution in [-0.2, 0) is 9.47 Å². The summed E-state index contributed by atoms with van der Waals surface area (Å²) in [6.45, 7) is 3.95. The summed E-state index contributed by atoms with van der Waals surface area (Å²) in [5.41, 5.74) is 0. The second kappa shape index (κ2) is 1.80. The van der Waals surface area contributed by atoms with Crippen LogP contribution in [0.4, 0.5) is 0 Å². The SMILES string of the molecule is C[C@H]1[C@H]2CCC3(OCCO3)[C@@H]12. The molecule has 0 unspecified atom stereocenters. The zero-order valence-corrected chi connectivity index (χ0v) is 6.88. The third kappa shape index (κ3) is 0.651. The maximum atomic E-state index is 5.70. The predicted molar refractivity (Wildman–Crippen MR) is 40.0 cm³/mol. The summed E-state index contributed by atoms with van der Waals surface area (Å²) in [7, 11) is 0. The van der Waals surface area contributed by atoms with Crippen LogP contribution >= 0.6 is 0 Å². The Hall–Kier alpha value is -0.0800. The highest BCUT2D eigenvalue weighted by Gasteiger charge is 2.66. The van der Waals surface area contributed by atoms with Crippen molar-refractivity contribution in [2.75, 3.05) is 13.2 Å². The lowest BCUT2D eigenvalue weighted by Gasteiger charge is -2.24. The molecule has 0 bridgehead atoms. The molecule has 1 spiro atoms. The van der Waals surface area contributed by atoms with E-state index < -0.39 is 0 Å². The summed E-state index contributed by atoms with van der Waals surface area (Å²) < 4.78 is 11.4. The van der Waals surface area contributed by atoms with Crippen molar-refractivity contribution in [1.29, 1.82) is 0 Å². The molecular weight excluding hydrogens is 140 g/mol. The molecule has 2 nitrogen and oxygen atoms in total. The normalized spacial score (nSPS) is 51.5. The maximum Gasteiger partial charge on any atom is 0.171 e. The van der Waals surface area contributed by atoms with Crippen molar-refractivity contribution >= 4 is 0 Å². The molecule has 3 aliphatic rings. The van der Waals surface area contributed by atoms with Gasteiger partial charge in [0.2, 0.25) is 0 Å². The van der Waals surface area contributed by atoms with E-state index in [2.05, 4.69) is 6.92 Å². The molecule has 3 fully saturated rings. The predicted octanol–water partition coefficient (Wildman–Crippen LogP) is 1.41. The summed E-state index contributed by atoms with van der Waals surface area (Å²) in [6.07, 6.45) is 2.47. The molecule has 1 aliphatic heterocycles. The van der Waals surface area contributed by atoms with E-state index in [9.17, 15) is 0 Å². The summed E-state index contributed by atoms with van der Waals surface area (Å²) >= 11 is 0. The zero-order chi connectivity index (χ0) is 7.47. The van der Waals surface area contributed by atoms with E-state index in [-0.39, 0.29) is 5.79 Å². The summed E-state index contributed by atoms with van der Waals surface area (Å²) in [6, 6.07) is 0. The first-order valence-corrected chi connectivity index (χ1v) is 4.61. The molecule has 62 valence electrons. The Morgan fingerprint density at radius 3 is 2.55 bits per heavy atom. The molecule has 0 aromatic carbocycles. The van der Waals surface area contributed by atoms with Gasteiger partial charge in [-0.05, 0) is 18.3 Å². The Morgan fingerprint density at radius 2 is 2.00 bits per heavy atom. The van der Waals surface area contributed by atoms with Crippen molar-refractivity contribution in [3.05, 3.63) is 0 Å². The fraction of sp³-hybridized carbons (Fsp3) is 1.00. The fourth-order valence-electron chi connectivity index (χ4n) is 3.06. The summed E-state index contributed by atoms with van der Waals surface area (Å²) in [5.74, 6) is 2.42. The van der Waals surface area contributed by atoms with Crippen molar-refractivity contribution in [2.45, 2.75) is 25.6 Å². The Balaban J connectivity index is 1.87. The Bertz CT molecular complexity index is 178. The smallest absolute Gasteiger partial charge is 0.171 e. The van der Waals surface area contributed by atoms with Crippen LogP contribution in [-0.4, -0.2) is 19.0 Å². The summed E-state index contributed by atoms with van der Waals surface area (Å²) in [5, 5.41) is 0. The molecule has 0 aromatic heterocycles. The van der Waals surface area contributed by atoms with Crippen LogP contribution in [0.3, 0.4) is 0 Å². The molecule has 3 rings (SSSR count). The van der Waals surface area contributed by atoms with E-state index in [1.807, 2.05) is 0 Å². The van der Waals surface area contributed by atoms with Crippen molar-refractivity contribution in [3.63, 3.8) is 0 Å². The van der Waals surface area contributed by atoms with Crippen LogP contribution < -0.4 is 0 Å². The van der Waals surface area contributed by atoms with E-state index >= 15 is 0 Å². The van der Waals surface area contributed by atoms with Gasteiger partial charge in [-0.2, -0.15) is 0 Å². The van der Waals surface area contributed by atoms with Gasteiger partial charge in [0, 0.05) is 12.3 Å². The molecule has 0 radical (unpaired) electrons. The molecule has 11 heavy (non-hydrogen) atoms. The number of fused-ring (bicyclic) bond motifs is 2. The Labute approximate surface area is 66.9 Å². The maximum absolute atomic E-state index is 5.70. The lowest BCUT2D eigenvalue weighted by Crippen LogP contribution is -2.30. The molecule has 0 amide bonds. The van der Waals surface area contributed by atoms with Gasteiger partial charge >= 0.3 is 0 Å². The van der Waals surface area contributed by atoms with Gasteiger partial charge in [0.05, 0.1) is 13.2 Å². The van der Waals surface area contributed by atoms with Crippen LogP contribution in [0, 0.1) is 17.8 Å². The van der Waals surface area contributed by atoms with E-state index in [4.69, 9.17) is 9.47 Å². The second-order valence-corrected chi connectivity index (χ2v) is 4.10. The average molecular weight is 154 g/mol. The molecule has 1 heterocycles. The lowest BCUT2D eigenvalue weighted by atomic mass is 10.1. The molecule has 2 heteroatoms. The van der Waals surface area contributed by atoms with E-state index in [1.165, 1.54) is 6.42 Å². The van der Waals surface area contributed by atoms with E-state index in [0.717, 1.165) is 37.4 Å². The first kappa shape index (κ1) is 6.44. The van der Waals surface area contributed by atoms with Gasteiger partial charge in [-0.25, -0.2) is 0 Å². The standard InChI is InChI=1S/C9H14O2/c1-6-7-2-3-9(8(6)7)10-4-5-11-9/h6-8H,2-5H2,1H3/t6-,7+,8-/m0/s1. The highest BCUT2D eigenvalue weighted by molar-refractivity contribution is 5.09. The number of hydrogen-bond acceptors (Lipinski definition) is 2. The number of rotatable bonds is 0. The first-order chi connectivity index (χ1) is 5.33. The van der Waals surface area contributed by atoms with Crippen LogP contribution in [0.25, 0.3) is 0 Å². The highest BCUT2D eigenvalue weighted by atomic mass is 16.7. The average Bonchev–Trinajstić information content (AvgIpc) is 2.52. The number of ether oxygens (including phenoxy) is 2. The van der Waals surface area contributed by atoms with Crippen molar-refractivity contribution in [1.82, 2.24) is 0 Å². The van der Waals surface area contributed by atoms with Crippen LogP contribution in [0.2, 0.25) is 0 Å². The highest BCUT2D eigenvalue weighted by Crippen LogP contribution is 2.64.